The van der Waals surface area contributed by atoms with Crippen molar-refractivity contribution in [3.05, 3.63) is 70.1 Å². The van der Waals surface area contributed by atoms with Gasteiger partial charge in [-0.25, -0.2) is 0 Å². The average molecular weight is 377 g/mol. The van der Waals surface area contributed by atoms with Crippen LogP contribution in [-0.4, -0.2) is 46.4 Å². The van der Waals surface area contributed by atoms with E-state index in [-0.39, 0.29) is 11.5 Å². The summed E-state index contributed by atoms with van der Waals surface area (Å²) in [5.41, 5.74) is 1.63. The standard InChI is InChI=1S/C23H27N3O2/c27-22-11-4-8-19(24-22)23(28)25-13-16-12-18(15-25)21-10-5-9-20(26(21)14-16)17-6-2-1-3-7-17/h1-4,6-8,11,16,18,20-21H,5,9-10,12-15H2,(H,24,27)/t16-,18+,20+,21-/m0/s1. The summed E-state index contributed by atoms with van der Waals surface area (Å²) < 4.78 is 0. The Balaban J connectivity index is 1.36. The van der Waals surface area contributed by atoms with Gasteiger partial charge in [0.2, 0.25) is 5.56 Å². The highest BCUT2D eigenvalue weighted by atomic mass is 16.2. The van der Waals surface area contributed by atoms with Crippen LogP contribution in [0.25, 0.3) is 0 Å². The summed E-state index contributed by atoms with van der Waals surface area (Å²) in [6.07, 6.45) is 4.93. The molecule has 5 rings (SSSR count). The number of aromatic amines is 1. The minimum absolute atomic E-state index is 0.0312. The Morgan fingerprint density at radius 2 is 1.82 bits per heavy atom. The molecule has 28 heavy (non-hydrogen) atoms. The molecule has 3 aliphatic heterocycles. The van der Waals surface area contributed by atoms with E-state index < -0.39 is 0 Å². The number of carbonyl (C=O) groups is 1. The Labute approximate surface area is 165 Å². The predicted molar refractivity (Wildman–Crippen MR) is 108 cm³/mol. The maximum absolute atomic E-state index is 13.0. The first kappa shape index (κ1) is 17.7. The van der Waals surface area contributed by atoms with E-state index in [4.69, 9.17) is 0 Å². The summed E-state index contributed by atoms with van der Waals surface area (Å²) >= 11 is 0. The van der Waals surface area contributed by atoms with Crippen LogP contribution in [0.1, 0.15) is 47.8 Å². The van der Waals surface area contributed by atoms with Gasteiger partial charge in [-0.2, -0.15) is 0 Å². The van der Waals surface area contributed by atoms with Crippen molar-refractivity contribution in [1.82, 2.24) is 14.8 Å². The van der Waals surface area contributed by atoms with Crippen LogP contribution in [-0.2, 0) is 0 Å². The van der Waals surface area contributed by atoms with Gasteiger partial charge in [-0.05, 0) is 49.1 Å². The van der Waals surface area contributed by atoms with Gasteiger partial charge < -0.3 is 9.88 Å². The van der Waals surface area contributed by atoms with Gasteiger partial charge in [0.05, 0.1) is 0 Å². The van der Waals surface area contributed by atoms with Crippen LogP contribution in [0.3, 0.4) is 0 Å². The maximum atomic E-state index is 13.0. The number of H-pyrrole nitrogens is 1. The summed E-state index contributed by atoms with van der Waals surface area (Å²) in [6, 6.07) is 16.8. The Morgan fingerprint density at radius 3 is 2.64 bits per heavy atom. The summed E-state index contributed by atoms with van der Waals surface area (Å²) in [5.74, 6) is 1.01. The van der Waals surface area contributed by atoms with Crippen molar-refractivity contribution in [1.29, 1.82) is 0 Å². The van der Waals surface area contributed by atoms with Gasteiger partial charge in [0, 0.05) is 37.8 Å². The van der Waals surface area contributed by atoms with Gasteiger partial charge in [0.15, 0.2) is 0 Å². The van der Waals surface area contributed by atoms with Gasteiger partial charge in [0.25, 0.3) is 5.91 Å². The average Bonchev–Trinajstić information content (AvgIpc) is 2.73. The van der Waals surface area contributed by atoms with Crippen LogP contribution >= 0.6 is 0 Å². The van der Waals surface area contributed by atoms with E-state index in [0.29, 0.717) is 29.6 Å². The first-order valence-corrected chi connectivity index (χ1v) is 10.5. The molecule has 2 aromatic rings. The fraction of sp³-hybridized carbons (Fsp3) is 0.478. The molecule has 0 radical (unpaired) electrons. The normalized spacial score (nSPS) is 29.9. The molecule has 5 nitrogen and oxygen atoms in total. The minimum atomic E-state index is -0.216. The summed E-state index contributed by atoms with van der Waals surface area (Å²) in [7, 11) is 0. The lowest BCUT2D eigenvalue weighted by molar-refractivity contribution is -0.0512. The first-order valence-electron chi connectivity index (χ1n) is 10.5. The largest absolute Gasteiger partial charge is 0.337 e. The molecule has 0 unspecified atom stereocenters. The molecule has 2 bridgehead atoms. The highest BCUT2D eigenvalue weighted by molar-refractivity contribution is 5.92. The number of aromatic nitrogens is 1. The van der Waals surface area contributed by atoms with Crippen LogP contribution in [0.2, 0.25) is 0 Å². The second-order valence-corrected chi connectivity index (χ2v) is 8.62. The Morgan fingerprint density at radius 1 is 0.964 bits per heavy atom. The number of benzene rings is 1. The van der Waals surface area contributed by atoms with Gasteiger partial charge in [0.1, 0.15) is 5.69 Å². The number of amides is 1. The number of hydrogen-bond acceptors (Lipinski definition) is 3. The molecule has 146 valence electrons. The molecule has 3 saturated heterocycles. The minimum Gasteiger partial charge on any atom is -0.337 e. The lowest BCUT2D eigenvalue weighted by atomic mass is 9.74. The fourth-order valence-corrected chi connectivity index (χ4v) is 5.75. The second-order valence-electron chi connectivity index (χ2n) is 8.62. The van der Waals surface area contributed by atoms with Crippen molar-refractivity contribution in [2.24, 2.45) is 11.8 Å². The number of rotatable bonds is 2. The molecule has 1 aromatic carbocycles. The molecule has 4 heterocycles. The molecular weight excluding hydrogens is 350 g/mol. The molecule has 5 heteroatoms. The fourth-order valence-electron chi connectivity index (χ4n) is 5.75. The van der Waals surface area contributed by atoms with Crippen LogP contribution in [0.4, 0.5) is 0 Å². The number of nitrogens with zero attached hydrogens (tertiary/aromatic N) is 2. The number of piperidine rings is 3. The molecule has 3 fully saturated rings. The Kier molecular flexibility index (Phi) is 4.55. The van der Waals surface area contributed by atoms with E-state index in [1.54, 1.807) is 12.1 Å². The van der Waals surface area contributed by atoms with Gasteiger partial charge in [-0.15, -0.1) is 0 Å². The van der Waals surface area contributed by atoms with E-state index in [1.807, 2.05) is 4.90 Å². The molecule has 0 spiro atoms. The monoisotopic (exact) mass is 377 g/mol. The molecule has 1 amide bonds. The number of carbonyl (C=O) groups excluding carboxylic acids is 1. The topological polar surface area (TPSA) is 56.4 Å². The van der Waals surface area contributed by atoms with Crippen LogP contribution < -0.4 is 5.56 Å². The number of fused-ring (bicyclic) bond motifs is 4. The predicted octanol–water partition coefficient (Wildman–Crippen LogP) is 3.06. The quantitative estimate of drug-likeness (QED) is 0.875. The van der Waals surface area contributed by atoms with Crippen LogP contribution in [0.15, 0.2) is 53.3 Å². The van der Waals surface area contributed by atoms with E-state index in [0.717, 1.165) is 19.6 Å². The Bertz CT molecular complexity index is 909. The highest BCUT2D eigenvalue weighted by Crippen LogP contribution is 2.44. The lowest BCUT2D eigenvalue weighted by Gasteiger charge is -2.55. The van der Waals surface area contributed by atoms with E-state index in [2.05, 4.69) is 40.2 Å². The maximum Gasteiger partial charge on any atom is 0.270 e. The van der Waals surface area contributed by atoms with Crippen molar-refractivity contribution in [2.45, 2.75) is 37.8 Å². The zero-order valence-electron chi connectivity index (χ0n) is 16.1. The summed E-state index contributed by atoms with van der Waals surface area (Å²) in [4.78, 5) is 32.0. The van der Waals surface area contributed by atoms with Crippen molar-refractivity contribution < 1.29 is 4.79 Å². The van der Waals surface area contributed by atoms with Crippen molar-refractivity contribution in [2.75, 3.05) is 19.6 Å². The molecule has 1 N–H and O–H groups in total. The molecule has 3 aliphatic rings. The number of pyridine rings is 1. The molecule has 0 saturated carbocycles. The third-order valence-electron chi connectivity index (χ3n) is 6.86. The third-order valence-corrected chi connectivity index (χ3v) is 6.86. The molecule has 1 aromatic heterocycles. The van der Waals surface area contributed by atoms with E-state index in [1.165, 1.54) is 37.3 Å². The number of likely N-dealkylation sites (tertiary alicyclic amines) is 1. The SMILES string of the molecule is O=C(c1cccc(=O)[nH]1)N1C[C@@H]2C[C@H](C1)[C@@H]1CCC[C@H](c3ccccc3)N1C2. The highest BCUT2D eigenvalue weighted by Gasteiger charge is 2.45. The van der Waals surface area contributed by atoms with E-state index in [9.17, 15) is 9.59 Å². The second kappa shape index (κ2) is 7.21. The van der Waals surface area contributed by atoms with Gasteiger partial charge in [-0.1, -0.05) is 36.4 Å². The van der Waals surface area contributed by atoms with Crippen molar-refractivity contribution >= 4 is 5.91 Å². The zero-order chi connectivity index (χ0) is 19.1. The first-order chi connectivity index (χ1) is 13.7. The molecule has 4 atom stereocenters. The summed E-state index contributed by atoms with van der Waals surface area (Å²) in [5, 5.41) is 0. The smallest absolute Gasteiger partial charge is 0.270 e. The zero-order valence-corrected chi connectivity index (χ0v) is 16.1. The molecular formula is C23H27N3O2. The van der Waals surface area contributed by atoms with Crippen LogP contribution in [0, 0.1) is 11.8 Å². The number of hydrogen-bond donors (Lipinski definition) is 1. The van der Waals surface area contributed by atoms with Gasteiger partial charge in [-0.3, -0.25) is 14.5 Å². The van der Waals surface area contributed by atoms with Crippen molar-refractivity contribution in [3.63, 3.8) is 0 Å². The third kappa shape index (κ3) is 3.18. The van der Waals surface area contributed by atoms with E-state index >= 15 is 0 Å². The summed E-state index contributed by atoms with van der Waals surface area (Å²) in [6.45, 7) is 2.65. The van der Waals surface area contributed by atoms with Crippen molar-refractivity contribution in [3.8, 4) is 0 Å². The van der Waals surface area contributed by atoms with Gasteiger partial charge >= 0.3 is 0 Å². The lowest BCUT2D eigenvalue weighted by Crippen LogP contribution is -2.60. The Hall–Kier alpha value is -2.40. The molecule has 0 aliphatic carbocycles. The number of nitrogens with one attached hydrogen (secondary N) is 1. The van der Waals surface area contributed by atoms with Crippen LogP contribution in [0.5, 0.6) is 0 Å².